The van der Waals surface area contributed by atoms with Crippen molar-refractivity contribution < 1.29 is 4.74 Å². The third-order valence-electron chi connectivity index (χ3n) is 3.18. The molecule has 0 aromatic heterocycles. The second-order valence-corrected chi connectivity index (χ2v) is 4.97. The maximum absolute atomic E-state index is 5.93. The molecule has 0 spiro atoms. The molecule has 0 amide bonds. The predicted molar refractivity (Wildman–Crippen MR) is 71.5 cm³/mol. The third-order valence-corrected chi connectivity index (χ3v) is 3.43. The fraction of sp³-hybridized carbons (Fsp3) is 0.571. The largest absolute Gasteiger partial charge is 0.376 e. The molecule has 2 unspecified atom stereocenters. The summed E-state index contributed by atoms with van der Waals surface area (Å²) in [6, 6.07) is 8.39. The average molecular weight is 254 g/mol. The van der Waals surface area contributed by atoms with Crippen LogP contribution in [0, 0.1) is 0 Å². The summed E-state index contributed by atoms with van der Waals surface area (Å²) in [6.07, 6.45) is 3.76. The molecule has 94 valence electrons. The lowest BCUT2D eigenvalue weighted by atomic mass is 9.99. The number of nitrogens with one attached hydrogen (secondary N) is 1. The summed E-state index contributed by atoms with van der Waals surface area (Å²) >= 11 is 5.93. The number of benzene rings is 1. The van der Waals surface area contributed by atoms with Gasteiger partial charge in [-0.1, -0.05) is 30.7 Å². The van der Waals surface area contributed by atoms with Gasteiger partial charge in [-0.15, -0.1) is 0 Å². The predicted octanol–water partition coefficient (Wildman–Crippen LogP) is 3.56. The molecule has 1 N–H and O–H groups in total. The van der Waals surface area contributed by atoms with E-state index in [1.54, 1.807) is 0 Å². The van der Waals surface area contributed by atoms with Gasteiger partial charge in [0.25, 0.3) is 0 Å². The van der Waals surface area contributed by atoms with E-state index in [4.69, 9.17) is 16.3 Å². The van der Waals surface area contributed by atoms with Crippen LogP contribution in [0.5, 0.6) is 0 Å². The van der Waals surface area contributed by atoms with Gasteiger partial charge in [-0.25, -0.2) is 0 Å². The smallest absolute Gasteiger partial charge is 0.0770 e. The van der Waals surface area contributed by atoms with Gasteiger partial charge in [-0.05, 0) is 43.5 Å². The van der Waals surface area contributed by atoms with E-state index in [0.29, 0.717) is 12.1 Å². The van der Waals surface area contributed by atoms with E-state index in [9.17, 15) is 0 Å². The van der Waals surface area contributed by atoms with E-state index in [1.165, 1.54) is 12.0 Å². The fourth-order valence-corrected chi connectivity index (χ4v) is 2.43. The molecule has 1 aromatic carbocycles. The van der Waals surface area contributed by atoms with Gasteiger partial charge in [0.05, 0.1) is 12.1 Å². The van der Waals surface area contributed by atoms with Crippen LogP contribution < -0.4 is 5.32 Å². The molecule has 0 bridgehead atoms. The molecule has 0 radical (unpaired) electrons. The molecule has 3 heteroatoms. The molecule has 1 saturated heterocycles. The van der Waals surface area contributed by atoms with E-state index in [-0.39, 0.29) is 0 Å². The summed E-state index contributed by atoms with van der Waals surface area (Å²) in [5, 5.41) is 4.37. The van der Waals surface area contributed by atoms with E-state index in [0.717, 1.165) is 31.0 Å². The second kappa shape index (κ2) is 6.39. The third kappa shape index (κ3) is 3.44. The van der Waals surface area contributed by atoms with Gasteiger partial charge < -0.3 is 10.1 Å². The van der Waals surface area contributed by atoms with Crippen LogP contribution in [0.15, 0.2) is 24.3 Å². The summed E-state index contributed by atoms with van der Waals surface area (Å²) in [5.41, 5.74) is 1.27. The van der Waals surface area contributed by atoms with E-state index >= 15 is 0 Å². The minimum atomic E-state index is 0.301. The standard InChI is InChI=1S/C14H20ClNO/c1-2-9-16-14(13-4-3-10-17-13)11-5-7-12(15)8-6-11/h5-8,13-14,16H,2-4,9-10H2,1H3. The van der Waals surface area contributed by atoms with Crippen molar-refractivity contribution >= 4 is 11.6 Å². The first kappa shape index (κ1) is 12.9. The molecule has 2 nitrogen and oxygen atoms in total. The van der Waals surface area contributed by atoms with Crippen molar-refractivity contribution in [1.82, 2.24) is 5.32 Å². The maximum atomic E-state index is 5.93. The SMILES string of the molecule is CCCNC(c1ccc(Cl)cc1)C1CCCO1. The minimum Gasteiger partial charge on any atom is -0.376 e. The maximum Gasteiger partial charge on any atom is 0.0770 e. The molecule has 1 fully saturated rings. The van der Waals surface area contributed by atoms with Crippen LogP contribution in [0.4, 0.5) is 0 Å². The molecule has 0 aliphatic carbocycles. The zero-order chi connectivity index (χ0) is 12.1. The molecule has 2 atom stereocenters. The number of ether oxygens (including phenoxy) is 1. The van der Waals surface area contributed by atoms with Crippen molar-refractivity contribution in [3.63, 3.8) is 0 Å². The van der Waals surface area contributed by atoms with E-state index < -0.39 is 0 Å². The lowest BCUT2D eigenvalue weighted by Gasteiger charge is -2.24. The van der Waals surface area contributed by atoms with Gasteiger partial charge in [0.1, 0.15) is 0 Å². The first-order valence-corrected chi connectivity index (χ1v) is 6.79. The summed E-state index contributed by atoms with van der Waals surface area (Å²) in [5.74, 6) is 0. The second-order valence-electron chi connectivity index (χ2n) is 4.53. The van der Waals surface area contributed by atoms with Gasteiger partial charge in [0.2, 0.25) is 0 Å². The summed E-state index contributed by atoms with van der Waals surface area (Å²) in [7, 11) is 0. The van der Waals surface area contributed by atoms with Crippen LogP contribution in [0.3, 0.4) is 0 Å². The number of rotatable bonds is 5. The van der Waals surface area contributed by atoms with Crippen molar-refractivity contribution in [3.05, 3.63) is 34.9 Å². The summed E-state index contributed by atoms with van der Waals surface area (Å²) in [4.78, 5) is 0. The summed E-state index contributed by atoms with van der Waals surface area (Å²) < 4.78 is 5.80. The number of hydrogen-bond donors (Lipinski definition) is 1. The average Bonchev–Trinajstić information content (AvgIpc) is 2.85. The zero-order valence-corrected chi connectivity index (χ0v) is 11.0. The Morgan fingerprint density at radius 2 is 2.18 bits per heavy atom. The van der Waals surface area contributed by atoms with Crippen molar-refractivity contribution in [2.75, 3.05) is 13.2 Å². The zero-order valence-electron chi connectivity index (χ0n) is 10.3. The highest BCUT2D eigenvalue weighted by molar-refractivity contribution is 6.30. The normalized spacial score (nSPS) is 21.6. The van der Waals surface area contributed by atoms with Crippen molar-refractivity contribution in [1.29, 1.82) is 0 Å². The Hall–Kier alpha value is -0.570. The molecule has 17 heavy (non-hydrogen) atoms. The topological polar surface area (TPSA) is 21.3 Å². The fourth-order valence-electron chi connectivity index (χ4n) is 2.30. The van der Waals surface area contributed by atoms with Crippen LogP contribution in [0.2, 0.25) is 5.02 Å². The lowest BCUT2D eigenvalue weighted by Crippen LogP contribution is -2.32. The number of halogens is 1. The monoisotopic (exact) mass is 253 g/mol. The molecule has 2 rings (SSSR count). The van der Waals surface area contributed by atoms with Crippen LogP contribution in [0.1, 0.15) is 37.8 Å². The Balaban J connectivity index is 2.10. The van der Waals surface area contributed by atoms with Gasteiger partial charge in [0.15, 0.2) is 0 Å². The van der Waals surface area contributed by atoms with Crippen LogP contribution in [0.25, 0.3) is 0 Å². The molecule has 1 aromatic rings. The molecular formula is C14H20ClNO. The Labute approximate surface area is 108 Å². The van der Waals surface area contributed by atoms with Gasteiger partial charge in [-0.3, -0.25) is 0 Å². The van der Waals surface area contributed by atoms with Crippen LogP contribution in [-0.4, -0.2) is 19.3 Å². The Bertz CT molecular complexity index is 333. The molecule has 0 saturated carbocycles. The van der Waals surface area contributed by atoms with Crippen molar-refractivity contribution in [3.8, 4) is 0 Å². The first-order chi connectivity index (χ1) is 8.31. The van der Waals surface area contributed by atoms with Crippen molar-refractivity contribution in [2.45, 2.75) is 38.3 Å². The van der Waals surface area contributed by atoms with E-state index in [2.05, 4.69) is 24.4 Å². The first-order valence-electron chi connectivity index (χ1n) is 6.41. The molecule has 1 aliphatic rings. The Morgan fingerprint density at radius 3 is 2.76 bits per heavy atom. The van der Waals surface area contributed by atoms with Crippen LogP contribution >= 0.6 is 11.6 Å². The molecular weight excluding hydrogens is 234 g/mol. The highest BCUT2D eigenvalue weighted by Crippen LogP contribution is 2.27. The van der Waals surface area contributed by atoms with E-state index in [1.807, 2.05) is 12.1 Å². The Morgan fingerprint density at radius 1 is 1.41 bits per heavy atom. The highest BCUT2D eigenvalue weighted by Gasteiger charge is 2.26. The summed E-state index contributed by atoms with van der Waals surface area (Å²) in [6.45, 7) is 4.09. The van der Waals surface area contributed by atoms with Gasteiger partial charge >= 0.3 is 0 Å². The number of hydrogen-bond acceptors (Lipinski definition) is 2. The van der Waals surface area contributed by atoms with Gasteiger partial charge in [-0.2, -0.15) is 0 Å². The van der Waals surface area contributed by atoms with Gasteiger partial charge in [0, 0.05) is 11.6 Å². The highest BCUT2D eigenvalue weighted by atomic mass is 35.5. The quantitative estimate of drug-likeness (QED) is 0.866. The molecule has 1 heterocycles. The Kier molecular flexibility index (Phi) is 4.84. The molecule has 1 aliphatic heterocycles. The minimum absolute atomic E-state index is 0.301. The van der Waals surface area contributed by atoms with Crippen LogP contribution in [-0.2, 0) is 4.74 Å². The van der Waals surface area contributed by atoms with Crippen molar-refractivity contribution in [2.24, 2.45) is 0 Å². The lowest BCUT2D eigenvalue weighted by molar-refractivity contribution is 0.0783.